The summed E-state index contributed by atoms with van der Waals surface area (Å²) in [4.78, 5) is 11.5. The van der Waals surface area contributed by atoms with Crippen molar-refractivity contribution in [3.8, 4) is 0 Å². The predicted molar refractivity (Wildman–Crippen MR) is 65.3 cm³/mol. The first-order valence-electron chi connectivity index (χ1n) is 6.15. The molecule has 0 spiro atoms. The summed E-state index contributed by atoms with van der Waals surface area (Å²) >= 11 is 0. The van der Waals surface area contributed by atoms with Gasteiger partial charge >= 0.3 is 0 Å². The quantitative estimate of drug-likeness (QED) is 0.828. The molecule has 1 amide bonds. The molecule has 2 heteroatoms. The maximum absolute atomic E-state index is 11.5. The van der Waals surface area contributed by atoms with Crippen molar-refractivity contribution in [2.75, 3.05) is 0 Å². The summed E-state index contributed by atoms with van der Waals surface area (Å²) in [5, 5.41) is 3.12. The minimum Gasteiger partial charge on any atom is -0.353 e. The molecule has 0 bridgehead atoms. The monoisotopic (exact) mass is 217 g/mol. The van der Waals surface area contributed by atoms with Crippen LogP contribution in [0.4, 0.5) is 0 Å². The molecule has 0 fully saturated rings. The van der Waals surface area contributed by atoms with E-state index in [1.165, 1.54) is 11.1 Å². The normalized spacial score (nSPS) is 18.9. The summed E-state index contributed by atoms with van der Waals surface area (Å²) in [5.41, 5.74) is 2.85. The highest BCUT2D eigenvalue weighted by molar-refractivity contribution is 5.76. The fourth-order valence-electron chi connectivity index (χ4n) is 2.35. The van der Waals surface area contributed by atoms with Gasteiger partial charge < -0.3 is 5.32 Å². The van der Waals surface area contributed by atoms with E-state index in [9.17, 15) is 4.79 Å². The molecule has 0 saturated heterocycles. The molecule has 0 heterocycles. The second-order valence-corrected chi connectivity index (χ2v) is 4.53. The molecule has 1 aromatic rings. The lowest BCUT2D eigenvalue weighted by atomic mass is 9.88. The Morgan fingerprint density at radius 2 is 2.12 bits per heavy atom. The largest absolute Gasteiger partial charge is 0.353 e. The van der Waals surface area contributed by atoms with Gasteiger partial charge in [0.1, 0.15) is 0 Å². The van der Waals surface area contributed by atoms with E-state index < -0.39 is 0 Å². The van der Waals surface area contributed by atoms with Gasteiger partial charge in [-0.2, -0.15) is 0 Å². The van der Waals surface area contributed by atoms with Crippen molar-refractivity contribution < 1.29 is 4.79 Å². The first-order valence-corrected chi connectivity index (χ1v) is 6.15. The Balaban J connectivity index is 1.95. The van der Waals surface area contributed by atoms with E-state index in [1.807, 2.05) is 6.92 Å². The molecule has 1 aliphatic rings. The van der Waals surface area contributed by atoms with Crippen LogP contribution in [0.2, 0.25) is 0 Å². The molecule has 1 unspecified atom stereocenters. The number of hydrogen-bond donors (Lipinski definition) is 1. The van der Waals surface area contributed by atoms with Gasteiger partial charge in [0.15, 0.2) is 0 Å². The molecule has 1 N–H and O–H groups in total. The summed E-state index contributed by atoms with van der Waals surface area (Å²) in [6.45, 7) is 2.04. The SMILES string of the molecule is CCCC(=O)NC1CCc2ccccc2C1. The minimum absolute atomic E-state index is 0.201. The van der Waals surface area contributed by atoms with Crippen molar-refractivity contribution in [2.24, 2.45) is 0 Å². The number of amides is 1. The summed E-state index contributed by atoms with van der Waals surface area (Å²) in [6.07, 6.45) is 4.73. The average molecular weight is 217 g/mol. The van der Waals surface area contributed by atoms with Crippen molar-refractivity contribution in [3.63, 3.8) is 0 Å². The van der Waals surface area contributed by atoms with E-state index in [-0.39, 0.29) is 5.91 Å². The molecule has 1 aliphatic carbocycles. The maximum atomic E-state index is 11.5. The van der Waals surface area contributed by atoms with Crippen LogP contribution >= 0.6 is 0 Å². The van der Waals surface area contributed by atoms with Crippen molar-refractivity contribution in [1.29, 1.82) is 0 Å². The Bertz CT molecular complexity index is 373. The molecule has 16 heavy (non-hydrogen) atoms. The molecule has 86 valence electrons. The third-order valence-electron chi connectivity index (χ3n) is 3.19. The summed E-state index contributed by atoms with van der Waals surface area (Å²) in [6, 6.07) is 8.88. The Morgan fingerprint density at radius 1 is 1.38 bits per heavy atom. The van der Waals surface area contributed by atoms with Gasteiger partial charge in [0.25, 0.3) is 0 Å². The summed E-state index contributed by atoms with van der Waals surface area (Å²) < 4.78 is 0. The maximum Gasteiger partial charge on any atom is 0.220 e. The topological polar surface area (TPSA) is 29.1 Å². The molecule has 0 aliphatic heterocycles. The fourth-order valence-corrected chi connectivity index (χ4v) is 2.35. The molecule has 1 atom stereocenters. The third kappa shape index (κ3) is 2.63. The van der Waals surface area contributed by atoms with Crippen molar-refractivity contribution in [3.05, 3.63) is 35.4 Å². The molecule has 1 aromatic carbocycles. The van der Waals surface area contributed by atoms with Crippen molar-refractivity contribution in [1.82, 2.24) is 5.32 Å². The molecular weight excluding hydrogens is 198 g/mol. The number of benzene rings is 1. The smallest absolute Gasteiger partial charge is 0.220 e. The number of aryl methyl sites for hydroxylation is 1. The lowest BCUT2D eigenvalue weighted by molar-refractivity contribution is -0.121. The number of carbonyl (C=O) groups is 1. The van der Waals surface area contributed by atoms with Crippen LogP contribution in [0.15, 0.2) is 24.3 Å². The molecule has 0 aromatic heterocycles. The van der Waals surface area contributed by atoms with Gasteiger partial charge in [-0.25, -0.2) is 0 Å². The van der Waals surface area contributed by atoms with E-state index in [2.05, 4.69) is 29.6 Å². The second-order valence-electron chi connectivity index (χ2n) is 4.53. The van der Waals surface area contributed by atoms with Crippen LogP contribution < -0.4 is 5.32 Å². The number of nitrogens with one attached hydrogen (secondary N) is 1. The van der Waals surface area contributed by atoms with Crippen LogP contribution in [-0.4, -0.2) is 11.9 Å². The number of rotatable bonds is 3. The van der Waals surface area contributed by atoms with E-state index in [4.69, 9.17) is 0 Å². The Morgan fingerprint density at radius 3 is 2.88 bits per heavy atom. The van der Waals surface area contributed by atoms with Gasteiger partial charge in [-0.1, -0.05) is 31.2 Å². The van der Waals surface area contributed by atoms with Gasteiger partial charge in [0.2, 0.25) is 5.91 Å². The lowest BCUT2D eigenvalue weighted by Crippen LogP contribution is -2.38. The van der Waals surface area contributed by atoms with Gasteiger partial charge in [0, 0.05) is 12.5 Å². The molecular formula is C14H19NO. The highest BCUT2D eigenvalue weighted by Crippen LogP contribution is 2.20. The lowest BCUT2D eigenvalue weighted by Gasteiger charge is -2.25. The molecule has 2 nitrogen and oxygen atoms in total. The standard InChI is InChI=1S/C14H19NO/c1-2-5-14(16)15-13-9-8-11-6-3-4-7-12(11)10-13/h3-4,6-7,13H,2,5,8-10H2,1H3,(H,15,16). The predicted octanol–water partition coefficient (Wildman–Crippen LogP) is 2.46. The van der Waals surface area contributed by atoms with Crippen LogP contribution in [-0.2, 0) is 17.6 Å². The molecule has 0 radical (unpaired) electrons. The van der Waals surface area contributed by atoms with E-state index in [0.717, 1.165) is 25.7 Å². The zero-order valence-corrected chi connectivity index (χ0v) is 9.83. The van der Waals surface area contributed by atoms with Crippen LogP contribution in [0.25, 0.3) is 0 Å². The van der Waals surface area contributed by atoms with E-state index in [1.54, 1.807) is 0 Å². The Labute approximate surface area is 97.1 Å². The molecule has 2 rings (SSSR count). The van der Waals surface area contributed by atoms with Crippen LogP contribution in [0.5, 0.6) is 0 Å². The van der Waals surface area contributed by atoms with Gasteiger partial charge in [-0.3, -0.25) is 4.79 Å². The number of fused-ring (bicyclic) bond motifs is 1. The van der Waals surface area contributed by atoms with Gasteiger partial charge in [-0.15, -0.1) is 0 Å². The minimum atomic E-state index is 0.201. The number of hydrogen-bond acceptors (Lipinski definition) is 1. The van der Waals surface area contributed by atoms with Gasteiger partial charge in [0.05, 0.1) is 0 Å². The van der Waals surface area contributed by atoms with Crippen LogP contribution in [0.3, 0.4) is 0 Å². The fraction of sp³-hybridized carbons (Fsp3) is 0.500. The first kappa shape index (κ1) is 11.2. The highest BCUT2D eigenvalue weighted by atomic mass is 16.1. The zero-order valence-electron chi connectivity index (χ0n) is 9.83. The van der Waals surface area contributed by atoms with Gasteiger partial charge in [-0.05, 0) is 36.8 Å². The zero-order chi connectivity index (χ0) is 11.4. The van der Waals surface area contributed by atoms with E-state index in [0.29, 0.717) is 12.5 Å². The summed E-state index contributed by atoms with van der Waals surface area (Å²) in [5.74, 6) is 0.201. The second kappa shape index (κ2) is 5.15. The Hall–Kier alpha value is -1.31. The number of carbonyl (C=O) groups excluding carboxylic acids is 1. The Kier molecular flexibility index (Phi) is 3.60. The average Bonchev–Trinajstić information content (AvgIpc) is 2.29. The molecule has 0 saturated carbocycles. The van der Waals surface area contributed by atoms with Crippen molar-refractivity contribution >= 4 is 5.91 Å². The first-order chi connectivity index (χ1) is 7.79. The third-order valence-corrected chi connectivity index (χ3v) is 3.19. The van der Waals surface area contributed by atoms with Crippen LogP contribution in [0.1, 0.15) is 37.3 Å². The van der Waals surface area contributed by atoms with E-state index >= 15 is 0 Å². The van der Waals surface area contributed by atoms with Crippen molar-refractivity contribution in [2.45, 2.75) is 45.1 Å². The van der Waals surface area contributed by atoms with Crippen LogP contribution in [0, 0.1) is 0 Å². The highest BCUT2D eigenvalue weighted by Gasteiger charge is 2.19. The summed E-state index contributed by atoms with van der Waals surface area (Å²) in [7, 11) is 0.